The number of benzene rings is 1. The first-order valence-electron chi connectivity index (χ1n) is 7.35. The number of halogens is 2. The molecule has 0 amide bonds. The minimum atomic E-state index is -0.136. The van der Waals surface area contributed by atoms with Crippen molar-refractivity contribution in [2.45, 2.75) is 39.8 Å². The van der Waals surface area contributed by atoms with Gasteiger partial charge in [0.25, 0.3) is 0 Å². The number of anilines is 1. The van der Waals surface area contributed by atoms with Crippen molar-refractivity contribution in [1.29, 1.82) is 0 Å². The average molecular weight is 343 g/mol. The van der Waals surface area contributed by atoms with Crippen LogP contribution in [0.15, 0.2) is 22.7 Å². The van der Waals surface area contributed by atoms with E-state index in [1.165, 1.54) is 0 Å². The quantitative estimate of drug-likeness (QED) is 0.891. The van der Waals surface area contributed by atoms with E-state index in [4.69, 9.17) is 0 Å². The van der Waals surface area contributed by atoms with Gasteiger partial charge in [-0.25, -0.2) is 4.39 Å². The van der Waals surface area contributed by atoms with E-state index >= 15 is 0 Å². The van der Waals surface area contributed by atoms with Gasteiger partial charge in [-0.3, -0.25) is 0 Å². The Morgan fingerprint density at radius 3 is 2.55 bits per heavy atom. The van der Waals surface area contributed by atoms with Crippen LogP contribution in [0.5, 0.6) is 0 Å². The SMILES string of the molecule is CC(C)C1CN(c2cc(Br)ccc2F)C(C(C)C)CN1. The van der Waals surface area contributed by atoms with E-state index in [-0.39, 0.29) is 5.82 Å². The highest BCUT2D eigenvalue weighted by Crippen LogP contribution is 2.30. The number of nitrogens with one attached hydrogen (secondary N) is 1. The van der Waals surface area contributed by atoms with Gasteiger partial charge < -0.3 is 10.2 Å². The van der Waals surface area contributed by atoms with Crippen LogP contribution in [-0.4, -0.2) is 25.2 Å². The number of hydrogen-bond acceptors (Lipinski definition) is 2. The van der Waals surface area contributed by atoms with Crippen LogP contribution in [0.2, 0.25) is 0 Å². The van der Waals surface area contributed by atoms with Crippen LogP contribution in [0.1, 0.15) is 27.7 Å². The van der Waals surface area contributed by atoms with Crippen LogP contribution in [0, 0.1) is 17.7 Å². The first-order valence-corrected chi connectivity index (χ1v) is 8.14. The van der Waals surface area contributed by atoms with Crippen molar-refractivity contribution in [3.05, 3.63) is 28.5 Å². The molecular formula is C16H24BrFN2. The second-order valence-electron chi connectivity index (χ2n) is 6.32. The van der Waals surface area contributed by atoms with Crippen LogP contribution in [0.3, 0.4) is 0 Å². The predicted octanol–water partition coefficient (Wildman–Crippen LogP) is 4.05. The molecule has 2 unspecified atom stereocenters. The molecular weight excluding hydrogens is 319 g/mol. The van der Waals surface area contributed by atoms with Gasteiger partial charge in [-0.1, -0.05) is 43.6 Å². The average Bonchev–Trinajstić information content (AvgIpc) is 2.40. The summed E-state index contributed by atoms with van der Waals surface area (Å²) >= 11 is 3.45. The Balaban J connectivity index is 2.33. The van der Waals surface area contributed by atoms with E-state index in [0.29, 0.717) is 29.6 Å². The maximum atomic E-state index is 14.2. The normalized spacial score (nSPS) is 23.7. The molecule has 1 aromatic rings. The number of hydrogen-bond donors (Lipinski definition) is 1. The lowest BCUT2D eigenvalue weighted by molar-refractivity contribution is 0.293. The van der Waals surface area contributed by atoms with Gasteiger partial charge in [0.1, 0.15) is 5.82 Å². The molecule has 112 valence electrons. The highest BCUT2D eigenvalue weighted by atomic mass is 79.9. The molecule has 1 saturated heterocycles. The molecule has 1 aromatic carbocycles. The molecule has 0 aliphatic carbocycles. The van der Waals surface area contributed by atoms with E-state index in [2.05, 4.69) is 53.8 Å². The molecule has 2 nitrogen and oxygen atoms in total. The molecule has 1 aliphatic heterocycles. The third kappa shape index (κ3) is 3.34. The fraction of sp³-hybridized carbons (Fsp3) is 0.625. The molecule has 20 heavy (non-hydrogen) atoms. The van der Waals surface area contributed by atoms with Gasteiger partial charge in [0, 0.05) is 29.6 Å². The van der Waals surface area contributed by atoms with E-state index in [0.717, 1.165) is 17.6 Å². The second-order valence-corrected chi connectivity index (χ2v) is 7.23. The molecule has 2 atom stereocenters. The summed E-state index contributed by atoms with van der Waals surface area (Å²) in [5.41, 5.74) is 0.713. The molecule has 0 spiro atoms. The molecule has 4 heteroatoms. The third-order valence-corrected chi connectivity index (χ3v) is 4.67. The number of nitrogens with zero attached hydrogens (tertiary/aromatic N) is 1. The van der Waals surface area contributed by atoms with E-state index in [1.807, 2.05) is 6.07 Å². The Labute approximate surface area is 129 Å². The molecule has 1 N–H and O–H groups in total. The Morgan fingerprint density at radius 2 is 1.95 bits per heavy atom. The summed E-state index contributed by atoms with van der Waals surface area (Å²) in [6, 6.07) is 5.93. The van der Waals surface area contributed by atoms with Gasteiger partial charge in [-0.2, -0.15) is 0 Å². The first-order chi connectivity index (χ1) is 9.40. The molecule has 1 fully saturated rings. The van der Waals surface area contributed by atoms with Gasteiger partial charge in [-0.05, 0) is 30.0 Å². The summed E-state index contributed by atoms with van der Waals surface area (Å²) in [6.45, 7) is 10.6. The van der Waals surface area contributed by atoms with E-state index in [1.54, 1.807) is 12.1 Å². The zero-order valence-electron chi connectivity index (χ0n) is 12.7. The lowest BCUT2D eigenvalue weighted by Crippen LogP contribution is -2.60. The predicted molar refractivity (Wildman–Crippen MR) is 86.7 cm³/mol. The van der Waals surface area contributed by atoms with Crippen LogP contribution < -0.4 is 10.2 Å². The smallest absolute Gasteiger partial charge is 0.146 e. The highest BCUT2D eigenvalue weighted by molar-refractivity contribution is 9.10. The molecule has 2 rings (SSSR count). The summed E-state index contributed by atoms with van der Waals surface area (Å²) in [4.78, 5) is 2.24. The molecule has 1 heterocycles. The Bertz CT molecular complexity index is 462. The topological polar surface area (TPSA) is 15.3 Å². The second kappa shape index (κ2) is 6.44. The van der Waals surface area contributed by atoms with Gasteiger partial charge >= 0.3 is 0 Å². The summed E-state index contributed by atoms with van der Waals surface area (Å²) in [6.07, 6.45) is 0. The minimum absolute atomic E-state index is 0.136. The first kappa shape index (κ1) is 15.8. The lowest BCUT2D eigenvalue weighted by Gasteiger charge is -2.45. The molecule has 0 radical (unpaired) electrons. The van der Waals surface area contributed by atoms with Crippen molar-refractivity contribution in [2.75, 3.05) is 18.0 Å². The fourth-order valence-electron chi connectivity index (χ4n) is 2.82. The number of rotatable bonds is 3. The van der Waals surface area contributed by atoms with Crippen LogP contribution in [0.4, 0.5) is 10.1 Å². The maximum Gasteiger partial charge on any atom is 0.146 e. The van der Waals surface area contributed by atoms with E-state index in [9.17, 15) is 4.39 Å². The zero-order chi connectivity index (χ0) is 14.9. The fourth-order valence-corrected chi connectivity index (χ4v) is 3.17. The van der Waals surface area contributed by atoms with E-state index < -0.39 is 0 Å². The standard InChI is InChI=1S/C16H24BrFN2/c1-10(2)14-9-20(16(8-19-14)11(3)4)15-7-12(17)5-6-13(15)18/h5-7,10-11,14,16,19H,8-9H2,1-4H3. The van der Waals surface area contributed by atoms with Gasteiger partial charge in [-0.15, -0.1) is 0 Å². The van der Waals surface area contributed by atoms with Crippen molar-refractivity contribution in [1.82, 2.24) is 5.32 Å². The van der Waals surface area contributed by atoms with Crippen LogP contribution >= 0.6 is 15.9 Å². The summed E-state index contributed by atoms with van der Waals surface area (Å²) in [7, 11) is 0. The Morgan fingerprint density at radius 1 is 1.25 bits per heavy atom. The monoisotopic (exact) mass is 342 g/mol. The van der Waals surface area contributed by atoms with Gasteiger partial charge in [0.05, 0.1) is 5.69 Å². The Hall–Kier alpha value is -0.610. The molecule has 0 aromatic heterocycles. The zero-order valence-corrected chi connectivity index (χ0v) is 14.2. The van der Waals surface area contributed by atoms with Crippen LogP contribution in [0.25, 0.3) is 0 Å². The number of piperazine rings is 1. The largest absolute Gasteiger partial charge is 0.363 e. The molecule has 1 aliphatic rings. The van der Waals surface area contributed by atoms with Crippen molar-refractivity contribution >= 4 is 21.6 Å². The Kier molecular flexibility index (Phi) is 5.08. The van der Waals surface area contributed by atoms with Crippen molar-refractivity contribution in [3.63, 3.8) is 0 Å². The molecule has 0 bridgehead atoms. The third-order valence-electron chi connectivity index (χ3n) is 4.17. The maximum absolute atomic E-state index is 14.2. The van der Waals surface area contributed by atoms with Crippen LogP contribution in [-0.2, 0) is 0 Å². The van der Waals surface area contributed by atoms with Crippen molar-refractivity contribution in [3.8, 4) is 0 Å². The summed E-state index contributed by atoms with van der Waals surface area (Å²) < 4.78 is 15.2. The highest BCUT2D eigenvalue weighted by Gasteiger charge is 2.32. The van der Waals surface area contributed by atoms with Gasteiger partial charge in [0.15, 0.2) is 0 Å². The molecule has 0 saturated carbocycles. The lowest BCUT2D eigenvalue weighted by atomic mass is 9.93. The van der Waals surface area contributed by atoms with Gasteiger partial charge in [0.2, 0.25) is 0 Å². The van der Waals surface area contributed by atoms with Crippen molar-refractivity contribution < 1.29 is 4.39 Å². The van der Waals surface area contributed by atoms with Crippen molar-refractivity contribution in [2.24, 2.45) is 11.8 Å². The minimum Gasteiger partial charge on any atom is -0.363 e. The summed E-state index contributed by atoms with van der Waals surface area (Å²) in [5.74, 6) is 0.887. The summed E-state index contributed by atoms with van der Waals surface area (Å²) in [5, 5.41) is 3.61.